The minimum absolute atomic E-state index is 0.0856. The van der Waals surface area contributed by atoms with Gasteiger partial charge in [-0.05, 0) is 89.5 Å². The number of amides is 4. The highest BCUT2D eigenvalue weighted by molar-refractivity contribution is 6.36. The Kier molecular flexibility index (Phi) is 9.15. The van der Waals surface area contributed by atoms with E-state index in [4.69, 9.17) is 16.3 Å². The summed E-state index contributed by atoms with van der Waals surface area (Å²) in [5, 5.41) is 16.4. The second-order valence-electron chi connectivity index (χ2n) is 12.5. The highest BCUT2D eigenvalue weighted by Gasteiger charge is 2.39. The van der Waals surface area contributed by atoms with Crippen LogP contribution in [-0.2, 0) is 11.2 Å². The number of imide groups is 1. The number of nitrogens with one attached hydrogen (secondary N) is 2. The summed E-state index contributed by atoms with van der Waals surface area (Å²) in [6, 6.07) is 3.01. The smallest absolute Gasteiger partial charge is 0.420 e. The average molecular weight is 614 g/mol. The lowest BCUT2D eigenvalue weighted by Gasteiger charge is -2.36. The summed E-state index contributed by atoms with van der Waals surface area (Å²) in [6.07, 6.45) is 6.17. The van der Waals surface area contributed by atoms with E-state index < -0.39 is 29.1 Å². The Balaban J connectivity index is 1.66. The molecule has 1 aliphatic carbocycles. The molecule has 10 nitrogen and oxygen atoms in total. The molecule has 3 aromatic rings. The van der Waals surface area contributed by atoms with Crippen LogP contribution in [0.25, 0.3) is 21.9 Å². The topological polar surface area (TPSA) is 134 Å². The first-order valence-electron chi connectivity index (χ1n) is 14.1. The number of hydrogen-bond acceptors (Lipinski definition) is 6. The van der Waals surface area contributed by atoms with E-state index in [1.54, 1.807) is 59.9 Å². The molecule has 43 heavy (non-hydrogen) atoms. The molecule has 0 saturated heterocycles. The maximum absolute atomic E-state index is 15.7. The lowest BCUT2D eigenvalue weighted by Crippen LogP contribution is -2.53. The van der Waals surface area contributed by atoms with Gasteiger partial charge in [0.05, 0.1) is 10.6 Å². The van der Waals surface area contributed by atoms with Gasteiger partial charge in [-0.3, -0.25) is 10.3 Å². The van der Waals surface area contributed by atoms with Crippen LogP contribution in [0.5, 0.6) is 0 Å². The number of rotatable bonds is 6. The van der Waals surface area contributed by atoms with Crippen LogP contribution >= 0.6 is 11.6 Å². The summed E-state index contributed by atoms with van der Waals surface area (Å²) in [7, 11) is 0. The Bertz CT molecular complexity index is 1570. The molecule has 1 fully saturated rings. The van der Waals surface area contributed by atoms with Gasteiger partial charge in [-0.25, -0.2) is 28.7 Å². The second kappa shape index (κ2) is 12.3. The number of carbonyl (C=O) groups is 3. The van der Waals surface area contributed by atoms with E-state index in [2.05, 4.69) is 20.6 Å². The minimum Gasteiger partial charge on any atom is -0.465 e. The van der Waals surface area contributed by atoms with Gasteiger partial charge in [0.1, 0.15) is 17.2 Å². The van der Waals surface area contributed by atoms with Crippen molar-refractivity contribution < 1.29 is 28.6 Å². The van der Waals surface area contributed by atoms with Gasteiger partial charge in [-0.2, -0.15) is 0 Å². The number of pyridine rings is 2. The van der Waals surface area contributed by atoms with Crippen LogP contribution in [0.1, 0.15) is 71.4 Å². The van der Waals surface area contributed by atoms with E-state index in [0.717, 1.165) is 25.7 Å². The number of benzene rings is 1. The molecule has 0 bridgehead atoms. The number of anilines is 1. The summed E-state index contributed by atoms with van der Waals surface area (Å²) < 4.78 is 21.0. The summed E-state index contributed by atoms with van der Waals surface area (Å²) in [6.45, 7) is 9.94. The summed E-state index contributed by atoms with van der Waals surface area (Å²) in [5.74, 6) is -0.379. The van der Waals surface area contributed by atoms with E-state index in [-0.39, 0.29) is 34.9 Å². The minimum atomic E-state index is -1.46. The van der Waals surface area contributed by atoms with Crippen molar-refractivity contribution >= 4 is 46.4 Å². The molecule has 0 unspecified atom stereocenters. The summed E-state index contributed by atoms with van der Waals surface area (Å²) in [4.78, 5) is 46.6. The van der Waals surface area contributed by atoms with E-state index >= 15 is 4.39 Å². The third-order valence-corrected chi connectivity index (χ3v) is 7.81. The monoisotopic (exact) mass is 613 g/mol. The lowest BCUT2D eigenvalue weighted by atomic mass is 9.89. The molecule has 0 aliphatic heterocycles. The highest BCUT2D eigenvalue weighted by atomic mass is 35.5. The number of fused-ring (bicyclic) bond motifs is 1. The van der Waals surface area contributed by atoms with Crippen molar-refractivity contribution in [1.29, 1.82) is 0 Å². The molecule has 230 valence electrons. The first kappa shape index (κ1) is 31.9. The van der Waals surface area contributed by atoms with Crippen LogP contribution in [0, 0.1) is 12.7 Å². The van der Waals surface area contributed by atoms with Gasteiger partial charge in [0, 0.05) is 41.1 Å². The highest BCUT2D eigenvalue weighted by Crippen LogP contribution is 2.37. The Morgan fingerprint density at radius 1 is 1.09 bits per heavy atom. The van der Waals surface area contributed by atoms with Crippen LogP contribution in [0.15, 0.2) is 30.7 Å². The van der Waals surface area contributed by atoms with Crippen molar-refractivity contribution in [2.45, 2.75) is 90.8 Å². The molecule has 1 aromatic carbocycles. The van der Waals surface area contributed by atoms with Gasteiger partial charge < -0.3 is 15.2 Å². The number of halogens is 2. The van der Waals surface area contributed by atoms with Gasteiger partial charge in [0.25, 0.3) is 0 Å². The number of carboxylic acid groups (broad SMARTS) is 1. The number of urea groups is 1. The van der Waals surface area contributed by atoms with Crippen molar-refractivity contribution in [1.82, 2.24) is 20.2 Å². The molecule has 1 saturated carbocycles. The Morgan fingerprint density at radius 2 is 1.77 bits per heavy atom. The summed E-state index contributed by atoms with van der Waals surface area (Å²) in [5.41, 5.74) is -0.264. The molecule has 2 heterocycles. The van der Waals surface area contributed by atoms with E-state index in [9.17, 15) is 19.5 Å². The second-order valence-corrected chi connectivity index (χ2v) is 12.9. The molecular formula is C31H37ClFN5O5. The Hall–Kier alpha value is -3.99. The number of ether oxygens (including phenoxy) is 1. The SMILES string of the molecule is Cc1c(CC(C)(C)N(C(=O)O)C(=O)OC(C)(C)C)cncc1-c1cc2cc(NC(=O)NC3CCCC3)ncc2c(Cl)c1F. The maximum atomic E-state index is 15.7. The molecule has 0 atom stereocenters. The van der Waals surface area contributed by atoms with Crippen LogP contribution in [0.4, 0.5) is 24.6 Å². The molecule has 3 N–H and O–H groups in total. The molecule has 4 amide bonds. The van der Waals surface area contributed by atoms with Crippen molar-refractivity contribution in [2.75, 3.05) is 5.32 Å². The molecule has 4 rings (SSSR count). The van der Waals surface area contributed by atoms with E-state index in [1.165, 1.54) is 12.4 Å². The van der Waals surface area contributed by atoms with Crippen LogP contribution < -0.4 is 10.6 Å². The maximum Gasteiger partial charge on any atom is 0.420 e. The fourth-order valence-corrected chi connectivity index (χ4v) is 5.62. The standard InChI is InChI=1S/C31H37ClFN5O5/c1-17-19(13-31(5,6)38(28(40)41)29(42)43-30(2,3)4)14-34-15-22(17)21-11-18-12-24(35-16-23(18)25(32)26(21)33)37-27(39)36-20-9-7-8-10-20/h11-12,14-16,20H,7-10,13H2,1-6H3,(H,40,41)(H2,35,36,37,39). The third-order valence-electron chi connectivity index (χ3n) is 7.44. The predicted octanol–water partition coefficient (Wildman–Crippen LogP) is 7.70. The van der Waals surface area contributed by atoms with Gasteiger partial charge in [0.15, 0.2) is 0 Å². The Labute approximate surface area is 255 Å². The lowest BCUT2D eigenvalue weighted by molar-refractivity contribution is 0.00792. The van der Waals surface area contributed by atoms with E-state index in [0.29, 0.717) is 32.4 Å². The fourth-order valence-electron chi connectivity index (χ4n) is 5.36. The van der Waals surface area contributed by atoms with Crippen molar-refractivity contribution in [3.63, 3.8) is 0 Å². The first-order valence-corrected chi connectivity index (χ1v) is 14.5. The molecular weight excluding hydrogens is 577 g/mol. The van der Waals surface area contributed by atoms with Gasteiger partial charge in [-0.15, -0.1) is 0 Å². The molecule has 0 spiro atoms. The first-order chi connectivity index (χ1) is 20.1. The zero-order valence-electron chi connectivity index (χ0n) is 25.2. The quantitative estimate of drug-likeness (QED) is 0.259. The van der Waals surface area contributed by atoms with Crippen molar-refractivity contribution in [2.24, 2.45) is 0 Å². The number of carbonyl (C=O) groups excluding carboxylic acids is 2. The van der Waals surface area contributed by atoms with Crippen molar-refractivity contribution in [3.8, 4) is 11.1 Å². The van der Waals surface area contributed by atoms with Gasteiger partial charge in [0.2, 0.25) is 0 Å². The van der Waals surface area contributed by atoms with Crippen LogP contribution in [0.2, 0.25) is 5.02 Å². The molecule has 2 aromatic heterocycles. The number of aromatic nitrogens is 2. The average Bonchev–Trinajstić information content (AvgIpc) is 3.38. The number of hydrogen-bond donors (Lipinski definition) is 3. The molecule has 0 radical (unpaired) electrons. The largest absolute Gasteiger partial charge is 0.465 e. The Morgan fingerprint density at radius 3 is 2.40 bits per heavy atom. The molecule has 1 aliphatic rings. The van der Waals surface area contributed by atoms with E-state index in [1.807, 2.05) is 0 Å². The normalized spacial score (nSPS) is 14.0. The van der Waals surface area contributed by atoms with Crippen molar-refractivity contribution in [3.05, 3.63) is 52.7 Å². The third kappa shape index (κ3) is 7.33. The summed E-state index contributed by atoms with van der Waals surface area (Å²) >= 11 is 6.46. The zero-order valence-corrected chi connectivity index (χ0v) is 25.9. The van der Waals surface area contributed by atoms with Crippen LogP contribution in [0.3, 0.4) is 0 Å². The van der Waals surface area contributed by atoms with Gasteiger partial charge in [-0.1, -0.05) is 24.4 Å². The number of nitrogens with zero attached hydrogens (tertiary/aromatic N) is 3. The zero-order chi connectivity index (χ0) is 31.7. The molecule has 12 heteroatoms. The van der Waals surface area contributed by atoms with Gasteiger partial charge >= 0.3 is 18.2 Å². The van der Waals surface area contributed by atoms with Crippen LogP contribution in [-0.4, -0.2) is 55.4 Å². The fraction of sp³-hybridized carbons (Fsp3) is 0.452. The predicted molar refractivity (Wildman–Crippen MR) is 163 cm³/mol.